The van der Waals surface area contributed by atoms with Gasteiger partial charge in [0.2, 0.25) is 0 Å². The highest BCUT2D eigenvalue weighted by atomic mass is 32.1. The van der Waals surface area contributed by atoms with E-state index in [9.17, 15) is 0 Å². The summed E-state index contributed by atoms with van der Waals surface area (Å²) in [6.45, 7) is 7.54. The van der Waals surface area contributed by atoms with E-state index < -0.39 is 8.32 Å². The van der Waals surface area contributed by atoms with E-state index in [4.69, 9.17) is 4.43 Å². The van der Waals surface area contributed by atoms with Crippen LogP contribution in [-0.2, 0) is 10.8 Å². The minimum Gasteiger partial charge on any atom is -0.418 e. The van der Waals surface area contributed by atoms with Gasteiger partial charge in [-0.1, -0.05) is 0 Å². The monoisotopic (exact) mass is 215 g/mol. The van der Waals surface area contributed by atoms with Crippen molar-refractivity contribution in [2.75, 3.05) is 6.61 Å². The molecular formula is C9H17NOSSi. The molecule has 1 aromatic rings. The lowest BCUT2D eigenvalue weighted by Gasteiger charge is -2.16. The minimum absolute atomic E-state index is 0.884. The number of hydrogen-bond donors (Lipinski definition) is 0. The molecule has 1 rings (SSSR count). The predicted octanol–water partition coefficient (Wildman–Crippen LogP) is 2.93. The van der Waals surface area contributed by atoms with E-state index in [0.29, 0.717) is 0 Å². The standard InChI is InChI=1S/C9H17NOSSi/c1-13(2,3)11-7-4-5-9-10-6-8-12-9/h6,8H,4-5,7H2,1-3H3. The summed E-state index contributed by atoms with van der Waals surface area (Å²) < 4.78 is 5.74. The van der Waals surface area contributed by atoms with Crippen molar-refractivity contribution < 1.29 is 4.43 Å². The molecular weight excluding hydrogens is 198 g/mol. The molecule has 0 unspecified atom stereocenters. The summed E-state index contributed by atoms with van der Waals surface area (Å²) >= 11 is 1.73. The Balaban J connectivity index is 2.09. The first-order valence-electron chi connectivity index (χ1n) is 4.60. The third kappa shape index (κ3) is 5.18. The molecule has 1 aromatic heterocycles. The maximum atomic E-state index is 5.74. The molecule has 0 fully saturated rings. The van der Waals surface area contributed by atoms with Crippen LogP contribution in [0.1, 0.15) is 11.4 Å². The van der Waals surface area contributed by atoms with E-state index >= 15 is 0 Å². The number of aryl methyl sites for hydroxylation is 1. The van der Waals surface area contributed by atoms with E-state index in [1.165, 1.54) is 5.01 Å². The van der Waals surface area contributed by atoms with Gasteiger partial charge in [0.25, 0.3) is 0 Å². The molecule has 0 aliphatic heterocycles. The highest BCUT2D eigenvalue weighted by Crippen LogP contribution is 2.08. The van der Waals surface area contributed by atoms with E-state index in [-0.39, 0.29) is 0 Å². The Labute approximate surface area is 85.1 Å². The van der Waals surface area contributed by atoms with Crippen molar-refractivity contribution in [3.05, 3.63) is 16.6 Å². The van der Waals surface area contributed by atoms with Gasteiger partial charge in [0.1, 0.15) is 0 Å². The first kappa shape index (κ1) is 10.9. The van der Waals surface area contributed by atoms with Gasteiger partial charge in [-0.05, 0) is 26.1 Å². The molecule has 0 spiro atoms. The Morgan fingerprint density at radius 3 is 2.77 bits per heavy atom. The van der Waals surface area contributed by atoms with Gasteiger partial charge in [-0.3, -0.25) is 0 Å². The van der Waals surface area contributed by atoms with Crippen LogP contribution in [0.2, 0.25) is 19.6 Å². The molecule has 0 aliphatic rings. The quantitative estimate of drug-likeness (QED) is 0.556. The largest absolute Gasteiger partial charge is 0.418 e. The molecule has 2 nitrogen and oxygen atoms in total. The molecule has 4 heteroatoms. The molecule has 0 radical (unpaired) electrons. The Kier molecular flexibility index (Phi) is 4.09. The summed E-state index contributed by atoms with van der Waals surface area (Å²) in [6.07, 6.45) is 4.01. The van der Waals surface area contributed by atoms with Crippen LogP contribution in [0.3, 0.4) is 0 Å². The zero-order chi connectivity index (χ0) is 9.73. The zero-order valence-corrected chi connectivity index (χ0v) is 10.4. The second-order valence-corrected chi connectivity index (χ2v) is 9.48. The highest BCUT2D eigenvalue weighted by molar-refractivity contribution is 7.09. The molecule has 13 heavy (non-hydrogen) atoms. The number of aromatic nitrogens is 1. The van der Waals surface area contributed by atoms with Crippen LogP contribution in [0.25, 0.3) is 0 Å². The number of rotatable bonds is 5. The van der Waals surface area contributed by atoms with Crippen molar-refractivity contribution in [3.8, 4) is 0 Å². The molecule has 0 aliphatic carbocycles. The normalized spacial score (nSPS) is 11.9. The lowest BCUT2D eigenvalue weighted by molar-refractivity contribution is 0.305. The van der Waals surface area contributed by atoms with Gasteiger partial charge in [0, 0.05) is 24.6 Å². The summed E-state index contributed by atoms with van der Waals surface area (Å²) in [5.41, 5.74) is 0. The summed E-state index contributed by atoms with van der Waals surface area (Å²) in [5.74, 6) is 0. The Hall–Kier alpha value is -0.193. The van der Waals surface area contributed by atoms with Gasteiger partial charge in [-0.25, -0.2) is 4.98 Å². The van der Waals surface area contributed by atoms with Crippen molar-refractivity contribution in [1.29, 1.82) is 0 Å². The van der Waals surface area contributed by atoms with E-state index in [2.05, 4.69) is 24.6 Å². The Bertz CT molecular complexity index is 230. The van der Waals surface area contributed by atoms with E-state index in [1.54, 1.807) is 11.3 Å². The molecule has 0 bridgehead atoms. The van der Waals surface area contributed by atoms with Crippen LogP contribution in [-0.4, -0.2) is 19.9 Å². The van der Waals surface area contributed by atoms with Gasteiger partial charge in [0.05, 0.1) is 5.01 Å². The number of nitrogens with zero attached hydrogens (tertiary/aromatic N) is 1. The SMILES string of the molecule is C[Si](C)(C)OCCCc1nccs1. The third-order valence-corrected chi connectivity index (χ3v) is 3.46. The fourth-order valence-electron chi connectivity index (χ4n) is 0.978. The summed E-state index contributed by atoms with van der Waals surface area (Å²) in [4.78, 5) is 4.22. The second-order valence-electron chi connectivity index (χ2n) is 3.99. The van der Waals surface area contributed by atoms with Crippen molar-refractivity contribution in [2.45, 2.75) is 32.5 Å². The zero-order valence-electron chi connectivity index (χ0n) is 8.54. The third-order valence-electron chi connectivity index (χ3n) is 1.55. The molecule has 1 heterocycles. The predicted molar refractivity (Wildman–Crippen MR) is 59.7 cm³/mol. The number of thiazole rings is 1. The number of hydrogen-bond acceptors (Lipinski definition) is 3. The summed E-state index contributed by atoms with van der Waals surface area (Å²) in [7, 11) is -1.30. The van der Waals surface area contributed by atoms with Crippen molar-refractivity contribution in [3.63, 3.8) is 0 Å². The maximum Gasteiger partial charge on any atom is 0.183 e. The van der Waals surface area contributed by atoms with Crippen LogP contribution in [0, 0.1) is 0 Å². The van der Waals surface area contributed by atoms with Crippen LogP contribution in [0.4, 0.5) is 0 Å². The van der Waals surface area contributed by atoms with Crippen molar-refractivity contribution in [1.82, 2.24) is 4.98 Å². The van der Waals surface area contributed by atoms with Crippen LogP contribution in [0.15, 0.2) is 11.6 Å². The fraction of sp³-hybridized carbons (Fsp3) is 0.667. The molecule has 0 atom stereocenters. The first-order chi connectivity index (χ1) is 6.08. The second kappa shape index (κ2) is 4.88. The fourth-order valence-corrected chi connectivity index (χ4v) is 2.40. The lowest BCUT2D eigenvalue weighted by Crippen LogP contribution is -2.25. The summed E-state index contributed by atoms with van der Waals surface area (Å²) in [5, 5.41) is 3.24. The Morgan fingerprint density at radius 2 is 2.23 bits per heavy atom. The molecule has 0 saturated heterocycles. The topological polar surface area (TPSA) is 22.1 Å². The highest BCUT2D eigenvalue weighted by Gasteiger charge is 2.13. The molecule has 0 amide bonds. The average molecular weight is 215 g/mol. The summed E-state index contributed by atoms with van der Waals surface area (Å²) in [6, 6.07) is 0. The van der Waals surface area contributed by atoms with Crippen LogP contribution in [0.5, 0.6) is 0 Å². The maximum absolute atomic E-state index is 5.74. The minimum atomic E-state index is -1.30. The molecule has 74 valence electrons. The van der Waals surface area contributed by atoms with Gasteiger partial charge in [0.15, 0.2) is 8.32 Å². The van der Waals surface area contributed by atoms with Crippen molar-refractivity contribution >= 4 is 19.7 Å². The van der Waals surface area contributed by atoms with Gasteiger partial charge in [-0.2, -0.15) is 0 Å². The van der Waals surface area contributed by atoms with E-state index in [0.717, 1.165) is 19.4 Å². The van der Waals surface area contributed by atoms with Gasteiger partial charge >= 0.3 is 0 Å². The van der Waals surface area contributed by atoms with Gasteiger partial charge in [-0.15, -0.1) is 11.3 Å². The first-order valence-corrected chi connectivity index (χ1v) is 8.89. The van der Waals surface area contributed by atoms with Crippen LogP contribution >= 0.6 is 11.3 Å². The Morgan fingerprint density at radius 1 is 1.46 bits per heavy atom. The average Bonchev–Trinajstić information content (AvgIpc) is 2.48. The molecule has 0 aromatic carbocycles. The van der Waals surface area contributed by atoms with Crippen LogP contribution < -0.4 is 0 Å². The lowest BCUT2D eigenvalue weighted by atomic mass is 10.3. The molecule has 0 saturated carbocycles. The van der Waals surface area contributed by atoms with Gasteiger partial charge < -0.3 is 4.43 Å². The van der Waals surface area contributed by atoms with E-state index in [1.807, 2.05) is 11.6 Å². The smallest absolute Gasteiger partial charge is 0.183 e. The molecule has 0 N–H and O–H groups in total. The van der Waals surface area contributed by atoms with Crippen molar-refractivity contribution in [2.24, 2.45) is 0 Å².